The van der Waals surface area contributed by atoms with Crippen LogP contribution in [0.1, 0.15) is 93.7 Å². The van der Waals surface area contributed by atoms with Gasteiger partial charge in [0.25, 0.3) is 0 Å². The summed E-state index contributed by atoms with van der Waals surface area (Å²) in [6.07, 6.45) is 0.136. The molecule has 1 fully saturated rings. The highest BCUT2D eigenvalue weighted by atomic mass is 16.6. The number of nitrogens with one attached hydrogen (secondary N) is 2. The fourth-order valence-corrected chi connectivity index (χ4v) is 7.62. The molecule has 0 aromatic heterocycles. The highest BCUT2D eigenvalue weighted by Gasteiger charge is 2.47. The van der Waals surface area contributed by atoms with Crippen LogP contribution in [0.3, 0.4) is 0 Å². The summed E-state index contributed by atoms with van der Waals surface area (Å²) < 4.78 is 22.4. The van der Waals surface area contributed by atoms with Crippen molar-refractivity contribution >= 4 is 52.3 Å². The molecular weight excluding hydrogens is 857 g/mol. The summed E-state index contributed by atoms with van der Waals surface area (Å²) in [5.41, 5.74) is -0.767. The number of likely N-dealkylation sites (tertiary alicyclic amines) is 1. The predicted molar refractivity (Wildman–Crippen MR) is 255 cm³/mol. The highest BCUT2D eigenvalue weighted by Crippen LogP contribution is 2.30. The average molecular weight is 927 g/mol. The Morgan fingerprint density at radius 1 is 0.791 bits per heavy atom. The molecule has 1 aliphatic rings. The monoisotopic (exact) mass is 927 g/mol. The zero-order valence-corrected chi connectivity index (χ0v) is 41.4. The lowest BCUT2D eigenvalue weighted by Gasteiger charge is -2.37. The number of rotatable bonds is 17. The van der Waals surface area contributed by atoms with Crippen LogP contribution in [0.4, 0.5) is 4.79 Å². The molecule has 1 unspecified atom stereocenters. The Morgan fingerprint density at radius 3 is 1.96 bits per heavy atom. The largest absolute Gasteiger partial charge is 0.488 e. The number of likely N-dealkylation sites (N-methyl/N-ethyl adjacent to an activating group) is 1. The lowest BCUT2D eigenvalue weighted by Crippen LogP contribution is -2.61. The van der Waals surface area contributed by atoms with Crippen LogP contribution in [0, 0.1) is 17.3 Å². The summed E-state index contributed by atoms with van der Waals surface area (Å²) in [6.45, 7) is 22.8. The molecule has 7 atom stereocenters. The van der Waals surface area contributed by atoms with Gasteiger partial charge in [0.15, 0.2) is 5.78 Å². The molecule has 1 aliphatic heterocycles. The van der Waals surface area contributed by atoms with Crippen molar-refractivity contribution in [1.29, 1.82) is 0 Å². The number of methoxy groups -OCH3 is 1. The zero-order valence-electron chi connectivity index (χ0n) is 41.4. The molecule has 15 nitrogen and oxygen atoms in total. The van der Waals surface area contributed by atoms with Crippen molar-refractivity contribution in [3.63, 3.8) is 0 Å². The molecule has 3 aromatic carbocycles. The van der Waals surface area contributed by atoms with Crippen molar-refractivity contribution in [3.8, 4) is 5.75 Å². The van der Waals surface area contributed by atoms with E-state index >= 15 is 0 Å². The van der Waals surface area contributed by atoms with E-state index in [0.717, 1.165) is 28.3 Å². The third-order valence-corrected chi connectivity index (χ3v) is 11.4. The van der Waals surface area contributed by atoms with Crippen molar-refractivity contribution in [3.05, 3.63) is 90.5 Å². The Kier molecular flexibility index (Phi) is 17.5. The third kappa shape index (κ3) is 14.9. The minimum absolute atomic E-state index is 0.0000416. The van der Waals surface area contributed by atoms with Crippen LogP contribution in [-0.2, 0) is 55.8 Å². The van der Waals surface area contributed by atoms with Crippen molar-refractivity contribution < 1.29 is 52.5 Å². The molecule has 2 N–H and O–H groups in total. The van der Waals surface area contributed by atoms with Gasteiger partial charge in [0, 0.05) is 13.5 Å². The number of carbonyl (C=O) groups is 7. The van der Waals surface area contributed by atoms with Gasteiger partial charge < -0.3 is 34.5 Å². The number of ether oxygens (including phenoxy) is 4. The minimum Gasteiger partial charge on any atom is -0.488 e. The van der Waals surface area contributed by atoms with Gasteiger partial charge in [0.05, 0.1) is 25.6 Å². The second-order valence-corrected chi connectivity index (χ2v) is 20.4. The van der Waals surface area contributed by atoms with E-state index in [-0.39, 0.29) is 25.4 Å². The number of hydrogen-bond donors (Lipinski definition) is 2. The topological polar surface area (TPSA) is 187 Å². The van der Waals surface area contributed by atoms with Crippen LogP contribution in [0.15, 0.2) is 79.4 Å². The van der Waals surface area contributed by atoms with Crippen LogP contribution in [0.5, 0.6) is 5.75 Å². The maximum atomic E-state index is 15.0. The standard InChI is InChI=1S/C52H70N4O11/c1-15-39(48(62)64-14)42(57)40(28-34-20-23-35-18-16-17-19-36(35)27-34)53-45(59)41-29-38(65-37-24-21-33(22-25-37)26-31(2)47(61)66-51(7,8)9)30-56(41)46(60)43(50(4,5)6)54-44(58)32(3)55(13)49(63)67-52(10,11)12/h15-25,27,31-32,38-41,43H,1,26,28-30H2,2-14H3,(H,53,59)(H,54,58)/t31-,32-,38-,39?,40-,41-,43+/m0/s1. The summed E-state index contributed by atoms with van der Waals surface area (Å²) in [6, 6.07) is 15.8. The first-order chi connectivity index (χ1) is 31.1. The van der Waals surface area contributed by atoms with E-state index in [2.05, 4.69) is 17.2 Å². The Balaban J connectivity index is 1.68. The molecule has 0 spiro atoms. The Hall–Kier alpha value is -6.25. The number of benzene rings is 3. The van der Waals surface area contributed by atoms with E-state index < -0.39 is 94.3 Å². The zero-order chi connectivity index (χ0) is 50.2. The number of nitrogens with zero attached hydrogens (tertiary/aromatic N) is 2. The molecule has 364 valence electrons. The van der Waals surface area contributed by atoms with Crippen molar-refractivity contribution in [1.82, 2.24) is 20.4 Å². The van der Waals surface area contributed by atoms with Gasteiger partial charge in [0.1, 0.15) is 47.1 Å². The number of carbonyl (C=O) groups excluding carboxylic acids is 7. The molecule has 4 rings (SSSR count). The SMILES string of the molecule is C=CC(C(=O)OC)C(=O)[C@H](Cc1ccc2ccccc2c1)NC(=O)[C@@H]1C[C@H](Oc2ccc(C[C@H](C)C(=O)OC(C)(C)C)cc2)CN1C(=O)[C@@H](NC(=O)[C@H](C)N(C)C(=O)OC(C)(C)C)C(C)(C)C. The minimum atomic E-state index is -1.40. The number of hydrogen-bond acceptors (Lipinski definition) is 11. The maximum Gasteiger partial charge on any atom is 0.410 e. The average Bonchev–Trinajstić information content (AvgIpc) is 3.67. The lowest BCUT2D eigenvalue weighted by atomic mass is 9.85. The molecule has 0 saturated carbocycles. The van der Waals surface area contributed by atoms with E-state index in [9.17, 15) is 33.6 Å². The van der Waals surface area contributed by atoms with Gasteiger partial charge in [-0.3, -0.25) is 33.7 Å². The molecule has 3 aromatic rings. The molecule has 0 bridgehead atoms. The van der Waals surface area contributed by atoms with E-state index in [1.54, 1.807) is 60.6 Å². The Labute approximate surface area is 395 Å². The number of ketones is 1. The summed E-state index contributed by atoms with van der Waals surface area (Å²) >= 11 is 0. The van der Waals surface area contributed by atoms with Crippen LogP contribution in [0.25, 0.3) is 10.8 Å². The number of amides is 4. The van der Waals surface area contributed by atoms with E-state index in [0.29, 0.717) is 17.7 Å². The van der Waals surface area contributed by atoms with E-state index in [1.807, 2.05) is 75.4 Å². The Morgan fingerprint density at radius 2 is 1.39 bits per heavy atom. The lowest BCUT2D eigenvalue weighted by molar-refractivity contribution is -0.159. The maximum absolute atomic E-state index is 15.0. The van der Waals surface area contributed by atoms with Crippen molar-refractivity contribution in [2.24, 2.45) is 17.3 Å². The first-order valence-corrected chi connectivity index (χ1v) is 22.7. The number of Topliss-reactive ketones (excluding diaryl/α,β-unsaturated/α-hetero) is 1. The molecule has 1 heterocycles. The number of esters is 2. The van der Waals surface area contributed by atoms with Gasteiger partial charge in [-0.05, 0) is 101 Å². The van der Waals surface area contributed by atoms with Gasteiger partial charge in [-0.2, -0.15) is 0 Å². The fourth-order valence-electron chi connectivity index (χ4n) is 7.62. The summed E-state index contributed by atoms with van der Waals surface area (Å²) in [5, 5.41) is 7.60. The van der Waals surface area contributed by atoms with Crippen molar-refractivity contribution in [2.45, 2.75) is 137 Å². The molecule has 67 heavy (non-hydrogen) atoms. The van der Waals surface area contributed by atoms with Crippen LogP contribution in [-0.4, -0.2) is 114 Å². The molecule has 15 heteroatoms. The normalized spacial score (nSPS) is 17.5. The molecule has 0 radical (unpaired) electrons. The van der Waals surface area contributed by atoms with Crippen molar-refractivity contribution in [2.75, 3.05) is 20.7 Å². The van der Waals surface area contributed by atoms with Gasteiger partial charge >= 0.3 is 18.0 Å². The number of fused-ring (bicyclic) bond motifs is 1. The van der Waals surface area contributed by atoms with Crippen LogP contribution < -0.4 is 15.4 Å². The van der Waals surface area contributed by atoms with Gasteiger partial charge in [-0.25, -0.2) is 4.79 Å². The third-order valence-electron chi connectivity index (χ3n) is 11.4. The van der Waals surface area contributed by atoms with Gasteiger partial charge in [-0.15, -0.1) is 6.58 Å². The summed E-state index contributed by atoms with van der Waals surface area (Å²) in [4.78, 5) is 98.7. The molecule has 1 saturated heterocycles. The Bertz CT molecular complexity index is 2290. The second-order valence-electron chi connectivity index (χ2n) is 20.4. The van der Waals surface area contributed by atoms with E-state index in [1.165, 1.54) is 24.9 Å². The molecule has 0 aliphatic carbocycles. The summed E-state index contributed by atoms with van der Waals surface area (Å²) in [5.74, 6) is -5.07. The fraction of sp³-hybridized carbons (Fsp3) is 0.519. The predicted octanol–water partition coefficient (Wildman–Crippen LogP) is 6.77. The molecular formula is C52H70N4O11. The summed E-state index contributed by atoms with van der Waals surface area (Å²) in [7, 11) is 2.58. The first-order valence-electron chi connectivity index (χ1n) is 22.7. The van der Waals surface area contributed by atoms with Crippen LogP contribution in [0.2, 0.25) is 0 Å². The van der Waals surface area contributed by atoms with Crippen LogP contribution >= 0.6 is 0 Å². The van der Waals surface area contributed by atoms with E-state index in [4.69, 9.17) is 18.9 Å². The smallest absolute Gasteiger partial charge is 0.410 e. The quantitative estimate of drug-likeness (QED) is 0.0630. The van der Waals surface area contributed by atoms with Gasteiger partial charge in [0.2, 0.25) is 17.7 Å². The molecule has 4 amide bonds. The first kappa shape index (κ1) is 53.4. The van der Waals surface area contributed by atoms with Gasteiger partial charge in [-0.1, -0.05) is 88.4 Å². The highest BCUT2D eigenvalue weighted by molar-refractivity contribution is 6.05. The second kappa shape index (κ2) is 22.0.